The maximum Gasteiger partial charge on any atom is 0.138 e. The molecule has 0 bridgehead atoms. The molecule has 1 unspecified atom stereocenters. The number of fused-ring (bicyclic) bond motifs is 1. The highest BCUT2D eigenvalue weighted by Gasteiger charge is 2.13. The van der Waals surface area contributed by atoms with E-state index in [9.17, 15) is 0 Å². The molecule has 0 spiro atoms. The van der Waals surface area contributed by atoms with Crippen LogP contribution in [-0.4, -0.2) is 14.4 Å². The molecule has 3 heterocycles. The van der Waals surface area contributed by atoms with E-state index < -0.39 is 0 Å². The van der Waals surface area contributed by atoms with Gasteiger partial charge in [-0.3, -0.25) is 4.40 Å². The third kappa shape index (κ3) is 2.21. The Kier molecular flexibility index (Phi) is 2.98. The molecule has 3 aromatic heterocycles. The van der Waals surface area contributed by atoms with Gasteiger partial charge in [-0.2, -0.15) is 0 Å². The maximum absolute atomic E-state index is 4.49. The lowest BCUT2D eigenvalue weighted by Crippen LogP contribution is -2.09. The fourth-order valence-electron chi connectivity index (χ4n) is 2.30. The number of nitrogens with zero attached hydrogens (tertiary/aromatic N) is 3. The first-order chi connectivity index (χ1) is 9.15. The van der Waals surface area contributed by atoms with E-state index in [1.165, 1.54) is 4.88 Å². The summed E-state index contributed by atoms with van der Waals surface area (Å²) in [5.41, 5.74) is 2.06. The summed E-state index contributed by atoms with van der Waals surface area (Å²) < 4.78 is 2.06. The summed E-state index contributed by atoms with van der Waals surface area (Å²) in [7, 11) is 0. The topological polar surface area (TPSA) is 42.2 Å². The van der Waals surface area contributed by atoms with Gasteiger partial charge in [-0.25, -0.2) is 9.97 Å². The summed E-state index contributed by atoms with van der Waals surface area (Å²) in [6, 6.07) is 6.31. The Morgan fingerprint density at radius 3 is 2.89 bits per heavy atom. The van der Waals surface area contributed by atoms with Crippen molar-refractivity contribution in [1.82, 2.24) is 14.4 Å². The van der Waals surface area contributed by atoms with E-state index in [1.54, 1.807) is 11.3 Å². The normalized spacial score (nSPS) is 12.8. The number of pyridine rings is 1. The van der Waals surface area contributed by atoms with Crippen molar-refractivity contribution in [3.05, 3.63) is 46.2 Å². The second kappa shape index (κ2) is 4.66. The molecule has 0 aliphatic rings. The van der Waals surface area contributed by atoms with Crippen molar-refractivity contribution in [3.63, 3.8) is 0 Å². The molecule has 0 saturated carbocycles. The lowest BCUT2D eigenvalue weighted by Gasteiger charge is -2.15. The minimum atomic E-state index is 0.235. The molecule has 98 valence electrons. The summed E-state index contributed by atoms with van der Waals surface area (Å²) in [4.78, 5) is 10.1. The van der Waals surface area contributed by atoms with E-state index in [-0.39, 0.29) is 6.04 Å². The van der Waals surface area contributed by atoms with Crippen LogP contribution < -0.4 is 5.32 Å². The molecular weight excluding hydrogens is 256 g/mol. The zero-order valence-electron chi connectivity index (χ0n) is 11.2. The van der Waals surface area contributed by atoms with Crippen LogP contribution in [0.5, 0.6) is 0 Å². The van der Waals surface area contributed by atoms with Crippen LogP contribution >= 0.6 is 11.3 Å². The summed E-state index contributed by atoms with van der Waals surface area (Å²) in [5, 5.41) is 4.65. The number of nitrogens with one attached hydrogen (secondary N) is 1. The van der Waals surface area contributed by atoms with Crippen LogP contribution in [0.3, 0.4) is 0 Å². The molecule has 1 atom stereocenters. The predicted molar refractivity (Wildman–Crippen MR) is 78.8 cm³/mol. The quantitative estimate of drug-likeness (QED) is 0.792. The molecule has 0 saturated heterocycles. The van der Waals surface area contributed by atoms with Crippen molar-refractivity contribution < 1.29 is 0 Å². The van der Waals surface area contributed by atoms with Gasteiger partial charge < -0.3 is 5.32 Å². The molecular formula is C14H16N4S. The molecule has 0 aromatic carbocycles. The highest BCUT2D eigenvalue weighted by Crippen LogP contribution is 2.27. The van der Waals surface area contributed by atoms with E-state index in [0.717, 1.165) is 22.2 Å². The number of aryl methyl sites for hydroxylation is 2. The molecule has 0 aliphatic heterocycles. The molecule has 5 heteroatoms. The lowest BCUT2D eigenvalue weighted by atomic mass is 10.2. The second-order valence-electron chi connectivity index (χ2n) is 4.62. The highest BCUT2D eigenvalue weighted by molar-refractivity contribution is 7.11. The third-order valence-corrected chi connectivity index (χ3v) is 4.38. The minimum absolute atomic E-state index is 0.235. The first-order valence-electron chi connectivity index (χ1n) is 6.27. The summed E-state index contributed by atoms with van der Waals surface area (Å²) in [6.45, 7) is 6.27. The first kappa shape index (κ1) is 12.2. The van der Waals surface area contributed by atoms with E-state index >= 15 is 0 Å². The Balaban J connectivity index is 1.92. The van der Waals surface area contributed by atoms with Gasteiger partial charge in [0.2, 0.25) is 0 Å². The Labute approximate surface area is 116 Å². The average Bonchev–Trinajstić information content (AvgIpc) is 2.96. The number of imidazole rings is 1. The van der Waals surface area contributed by atoms with Crippen LogP contribution in [0.2, 0.25) is 0 Å². The van der Waals surface area contributed by atoms with E-state index in [4.69, 9.17) is 0 Å². The summed E-state index contributed by atoms with van der Waals surface area (Å²) in [6.07, 6.45) is 3.78. The minimum Gasteiger partial charge on any atom is -0.364 e. The standard InChI is InChI=1S/C14H16N4S/c1-9-14(19-11(3)16-9)10(2)17-13-6-4-5-12-15-7-8-18(12)13/h4-8,10,17H,1-3H3. The number of rotatable bonds is 3. The Hall–Kier alpha value is -1.88. The molecule has 19 heavy (non-hydrogen) atoms. The molecule has 1 N–H and O–H groups in total. The molecule has 3 aromatic rings. The Morgan fingerprint density at radius 2 is 2.16 bits per heavy atom. The third-order valence-electron chi connectivity index (χ3n) is 3.13. The van der Waals surface area contributed by atoms with Crippen molar-refractivity contribution in [1.29, 1.82) is 0 Å². The Morgan fingerprint density at radius 1 is 1.32 bits per heavy atom. The van der Waals surface area contributed by atoms with Gasteiger partial charge >= 0.3 is 0 Å². The van der Waals surface area contributed by atoms with Gasteiger partial charge in [-0.05, 0) is 32.9 Å². The van der Waals surface area contributed by atoms with Gasteiger partial charge in [-0.1, -0.05) is 6.07 Å². The van der Waals surface area contributed by atoms with Gasteiger partial charge in [0.15, 0.2) is 0 Å². The van der Waals surface area contributed by atoms with Gasteiger partial charge in [0.1, 0.15) is 11.5 Å². The fourth-order valence-corrected chi connectivity index (χ4v) is 3.23. The van der Waals surface area contributed by atoms with Crippen LogP contribution in [0.25, 0.3) is 5.65 Å². The van der Waals surface area contributed by atoms with Crippen LogP contribution in [0, 0.1) is 13.8 Å². The van der Waals surface area contributed by atoms with Gasteiger partial charge in [0, 0.05) is 17.3 Å². The van der Waals surface area contributed by atoms with E-state index in [2.05, 4.69) is 39.6 Å². The number of hydrogen-bond acceptors (Lipinski definition) is 4. The zero-order chi connectivity index (χ0) is 13.4. The van der Waals surface area contributed by atoms with Crippen molar-refractivity contribution in [2.45, 2.75) is 26.8 Å². The molecule has 0 amide bonds. The second-order valence-corrected chi connectivity index (χ2v) is 5.85. The van der Waals surface area contributed by atoms with Gasteiger partial charge in [-0.15, -0.1) is 11.3 Å². The Bertz CT molecular complexity index is 713. The van der Waals surface area contributed by atoms with Crippen molar-refractivity contribution in [2.75, 3.05) is 5.32 Å². The molecule has 0 radical (unpaired) electrons. The molecule has 0 fully saturated rings. The zero-order valence-corrected chi connectivity index (χ0v) is 12.0. The smallest absolute Gasteiger partial charge is 0.138 e. The number of aromatic nitrogens is 3. The molecule has 4 nitrogen and oxygen atoms in total. The highest BCUT2D eigenvalue weighted by atomic mass is 32.1. The number of hydrogen-bond donors (Lipinski definition) is 1. The van der Waals surface area contributed by atoms with Gasteiger partial charge in [0.25, 0.3) is 0 Å². The largest absolute Gasteiger partial charge is 0.364 e. The van der Waals surface area contributed by atoms with Crippen LogP contribution in [0.15, 0.2) is 30.6 Å². The van der Waals surface area contributed by atoms with Crippen LogP contribution in [0.1, 0.15) is 28.5 Å². The SMILES string of the molecule is Cc1nc(C)c(C(C)Nc2cccc3nccn23)s1. The van der Waals surface area contributed by atoms with Gasteiger partial charge in [0.05, 0.1) is 16.7 Å². The summed E-state index contributed by atoms with van der Waals surface area (Å²) >= 11 is 1.75. The molecule has 3 rings (SSSR count). The summed E-state index contributed by atoms with van der Waals surface area (Å²) in [5.74, 6) is 1.05. The van der Waals surface area contributed by atoms with Crippen molar-refractivity contribution in [3.8, 4) is 0 Å². The molecule has 0 aliphatic carbocycles. The fraction of sp³-hybridized carbons (Fsp3) is 0.286. The van der Waals surface area contributed by atoms with E-state index in [1.807, 2.05) is 31.5 Å². The lowest BCUT2D eigenvalue weighted by molar-refractivity contribution is 0.873. The first-order valence-corrected chi connectivity index (χ1v) is 7.09. The number of anilines is 1. The predicted octanol–water partition coefficient (Wildman–Crippen LogP) is 3.58. The van der Waals surface area contributed by atoms with Crippen LogP contribution in [0.4, 0.5) is 5.82 Å². The van der Waals surface area contributed by atoms with E-state index in [0.29, 0.717) is 0 Å². The average molecular weight is 272 g/mol. The van der Waals surface area contributed by atoms with Crippen molar-refractivity contribution in [2.24, 2.45) is 0 Å². The van der Waals surface area contributed by atoms with Crippen LogP contribution in [-0.2, 0) is 0 Å². The van der Waals surface area contributed by atoms with Crippen molar-refractivity contribution >= 4 is 22.8 Å². The maximum atomic E-state index is 4.49. The monoisotopic (exact) mass is 272 g/mol. The number of thiazole rings is 1.